The molecule has 5 aliphatic rings. The van der Waals surface area contributed by atoms with Crippen LogP contribution in [-0.4, -0.2) is 60.5 Å². The summed E-state index contributed by atoms with van der Waals surface area (Å²) < 4.78 is 79.4. The third-order valence-electron chi connectivity index (χ3n) is 12.7. The summed E-state index contributed by atoms with van der Waals surface area (Å²) in [4.78, 5) is 26.0. The number of alkyl halides is 3. The van der Waals surface area contributed by atoms with Crippen molar-refractivity contribution < 1.29 is 31.1 Å². The number of likely N-dealkylation sites (tertiary alicyclic amines) is 1. The second-order valence-corrected chi connectivity index (χ2v) is 17.7. The second-order valence-electron chi connectivity index (χ2n) is 16.0. The van der Waals surface area contributed by atoms with Crippen LogP contribution in [0.25, 0.3) is 11.3 Å². The van der Waals surface area contributed by atoms with Gasteiger partial charge >= 0.3 is 6.18 Å². The Kier molecular flexibility index (Phi) is 8.52. The number of Topliss-reactive ketones (excluding diaryl/α,β-unsaturated/α-hetero) is 1. The van der Waals surface area contributed by atoms with Gasteiger partial charge in [0.15, 0.2) is 5.78 Å². The summed E-state index contributed by atoms with van der Waals surface area (Å²) in [5.41, 5.74) is 1.93. The van der Waals surface area contributed by atoms with Crippen molar-refractivity contribution in [1.29, 1.82) is 0 Å². The summed E-state index contributed by atoms with van der Waals surface area (Å²) in [6, 6.07) is 13.6. The van der Waals surface area contributed by atoms with Gasteiger partial charge in [0.2, 0.25) is 11.8 Å². The minimum Gasteiger partial charge on any atom is -0.472 e. The van der Waals surface area contributed by atoms with E-state index in [0.29, 0.717) is 30.2 Å². The Balaban J connectivity index is 1.22. The number of aryl methyl sites for hydroxylation is 2. The largest absolute Gasteiger partial charge is 0.472 e. The second kappa shape index (κ2) is 12.6. The lowest BCUT2D eigenvalue weighted by Gasteiger charge is -2.53. The van der Waals surface area contributed by atoms with Crippen molar-refractivity contribution in [2.75, 3.05) is 17.8 Å². The SMILES string of the molecule is Cc1cccc(C)c1-c1cc2nc(n1)NS(=O)(=O)c1cccc(c1)C(=O)C(CCC1(C(F)(F)F)CC1)[C@@H]1CN(C3CC4(CCCCC4)C3)CC1O2. The molecular formula is C39H45F3N4O4S. The highest BCUT2D eigenvalue weighted by Crippen LogP contribution is 2.61. The number of hydrogen-bond acceptors (Lipinski definition) is 7. The molecule has 12 heteroatoms. The average molecular weight is 723 g/mol. The Labute approximate surface area is 297 Å². The van der Waals surface area contributed by atoms with E-state index < -0.39 is 39.6 Å². The van der Waals surface area contributed by atoms with E-state index in [9.17, 15) is 26.4 Å². The molecule has 272 valence electrons. The summed E-state index contributed by atoms with van der Waals surface area (Å²) >= 11 is 0. The number of fused-ring (bicyclic) bond motifs is 5. The molecule has 2 aliphatic heterocycles. The van der Waals surface area contributed by atoms with Crippen molar-refractivity contribution >= 4 is 21.8 Å². The predicted octanol–water partition coefficient (Wildman–Crippen LogP) is 8.29. The lowest BCUT2D eigenvalue weighted by molar-refractivity contribution is -0.189. The molecule has 0 radical (unpaired) electrons. The lowest BCUT2D eigenvalue weighted by Crippen LogP contribution is -2.51. The van der Waals surface area contributed by atoms with Gasteiger partial charge in [0.1, 0.15) is 6.10 Å². The van der Waals surface area contributed by atoms with Crippen LogP contribution in [0.2, 0.25) is 0 Å². The summed E-state index contributed by atoms with van der Waals surface area (Å²) in [6.45, 7) is 4.92. The molecule has 1 aromatic heterocycles. The first kappa shape index (κ1) is 34.6. The Bertz CT molecular complexity index is 1930. The molecule has 1 saturated heterocycles. The third kappa shape index (κ3) is 6.44. The van der Waals surface area contributed by atoms with E-state index >= 15 is 0 Å². The Morgan fingerprint density at radius 1 is 0.941 bits per heavy atom. The molecule has 1 N–H and O–H groups in total. The number of anilines is 1. The Hall–Kier alpha value is -3.51. The van der Waals surface area contributed by atoms with E-state index in [2.05, 4.69) is 19.6 Å². The molecule has 8 nitrogen and oxygen atoms in total. The molecule has 3 aromatic rings. The molecule has 4 fully saturated rings. The van der Waals surface area contributed by atoms with Crippen LogP contribution in [-0.2, 0) is 10.0 Å². The molecule has 3 aliphatic carbocycles. The molecule has 51 heavy (non-hydrogen) atoms. The van der Waals surface area contributed by atoms with Crippen LogP contribution in [0.5, 0.6) is 5.88 Å². The number of aromatic nitrogens is 2. The zero-order valence-electron chi connectivity index (χ0n) is 29.1. The topological polar surface area (TPSA) is 101 Å². The van der Waals surface area contributed by atoms with Gasteiger partial charge in [-0.05, 0) is 93.9 Å². The van der Waals surface area contributed by atoms with E-state index in [1.54, 1.807) is 12.1 Å². The molecule has 8 rings (SSSR count). The molecule has 3 saturated carbocycles. The van der Waals surface area contributed by atoms with Gasteiger partial charge in [-0.15, -0.1) is 0 Å². The van der Waals surface area contributed by atoms with Crippen molar-refractivity contribution in [3.63, 3.8) is 0 Å². The van der Waals surface area contributed by atoms with Crippen LogP contribution in [0.15, 0.2) is 53.4 Å². The number of sulfonamides is 1. The minimum atomic E-state index is -4.35. The zero-order chi connectivity index (χ0) is 35.8. The number of ether oxygens (including phenoxy) is 1. The summed E-state index contributed by atoms with van der Waals surface area (Å²) in [5.74, 6) is -1.60. The van der Waals surface area contributed by atoms with Gasteiger partial charge in [-0.25, -0.2) is 18.1 Å². The number of rotatable bonds is 5. The van der Waals surface area contributed by atoms with Gasteiger partial charge < -0.3 is 4.74 Å². The van der Waals surface area contributed by atoms with Crippen LogP contribution in [0.3, 0.4) is 0 Å². The number of benzene rings is 2. The van der Waals surface area contributed by atoms with Crippen LogP contribution in [0.1, 0.15) is 92.1 Å². The number of carbonyl (C=O) groups is 1. The predicted molar refractivity (Wildman–Crippen MR) is 187 cm³/mol. The van der Waals surface area contributed by atoms with Gasteiger partial charge in [-0.2, -0.15) is 18.2 Å². The molecule has 1 spiro atoms. The smallest absolute Gasteiger partial charge is 0.394 e. The minimum absolute atomic E-state index is 0.0310. The fraction of sp³-hybridized carbons (Fsp3) is 0.564. The number of nitrogens with one attached hydrogen (secondary N) is 1. The van der Waals surface area contributed by atoms with E-state index in [0.717, 1.165) is 29.5 Å². The first-order valence-corrected chi connectivity index (χ1v) is 19.8. The standard InChI is InChI=1S/C39H45F3N4O4S/c1-24-8-6-9-25(2)34(24)31-19-33-44-36(43-31)45-51(48,49)28-11-7-10-26(18-28)35(47)29(12-15-38(16-17-38)39(40,41)42)30-22-46(23-32(30)50-33)27-20-37(21-27)13-4-3-5-14-37/h6-11,18-19,27,29-30,32H,3-5,12-17,20-23H2,1-2H3,(H,43,44,45)/t29?,30-,32?/m0/s1. The molecule has 2 aromatic carbocycles. The van der Waals surface area contributed by atoms with Gasteiger partial charge in [-0.3, -0.25) is 9.69 Å². The summed E-state index contributed by atoms with van der Waals surface area (Å²) in [6.07, 6.45) is 3.50. The van der Waals surface area contributed by atoms with Crippen molar-refractivity contribution in [3.8, 4) is 17.1 Å². The van der Waals surface area contributed by atoms with Crippen LogP contribution in [0.4, 0.5) is 19.1 Å². The maximum atomic E-state index is 14.6. The quantitative estimate of drug-likeness (QED) is 0.283. The van der Waals surface area contributed by atoms with Crippen LogP contribution >= 0.6 is 0 Å². The fourth-order valence-electron chi connectivity index (χ4n) is 9.59. The molecule has 3 atom stereocenters. The van der Waals surface area contributed by atoms with E-state index in [-0.39, 0.29) is 53.8 Å². The first-order valence-electron chi connectivity index (χ1n) is 18.4. The number of halogens is 3. The molecular weight excluding hydrogens is 678 g/mol. The van der Waals surface area contributed by atoms with Gasteiger partial charge in [0.25, 0.3) is 10.0 Å². The van der Waals surface area contributed by atoms with Crippen molar-refractivity contribution in [2.45, 2.75) is 108 Å². The fourth-order valence-corrected chi connectivity index (χ4v) is 10.6. The van der Waals surface area contributed by atoms with Crippen LogP contribution in [0, 0.1) is 36.5 Å². The number of carbonyl (C=O) groups excluding carboxylic acids is 1. The average Bonchev–Trinajstić information content (AvgIpc) is 3.78. The number of nitrogens with zero attached hydrogens (tertiary/aromatic N) is 3. The molecule has 4 bridgehead atoms. The van der Waals surface area contributed by atoms with Crippen molar-refractivity contribution in [1.82, 2.24) is 14.9 Å². The molecule has 2 unspecified atom stereocenters. The van der Waals surface area contributed by atoms with E-state index in [4.69, 9.17) is 4.74 Å². The Morgan fingerprint density at radius 3 is 2.33 bits per heavy atom. The normalized spacial score (nSPS) is 26.8. The highest BCUT2D eigenvalue weighted by molar-refractivity contribution is 7.92. The lowest BCUT2D eigenvalue weighted by atomic mass is 9.58. The monoisotopic (exact) mass is 722 g/mol. The Morgan fingerprint density at radius 2 is 1.65 bits per heavy atom. The maximum Gasteiger partial charge on any atom is 0.394 e. The zero-order valence-corrected chi connectivity index (χ0v) is 30.0. The van der Waals surface area contributed by atoms with Crippen molar-refractivity contribution in [3.05, 3.63) is 65.2 Å². The first-order chi connectivity index (χ1) is 24.2. The molecule has 0 amide bonds. The van der Waals surface area contributed by atoms with Crippen molar-refractivity contribution in [2.24, 2.45) is 22.7 Å². The number of ketones is 1. The van der Waals surface area contributed by atoms with Crippen LogP contribution < -0.4 is 9.46 Å². The maximum absolute atomic E-state index is 14.6. The van der Waals surface area contributed by atoms with E-state index in [1.165, 1.54) is 50.3 Å². The van der Waals surface area contributed by atoms with Gasteiger partial charge in [-0.1, -0.05) is 49.6 Å². The molecule has 3 heterocycles. The highest BCUT2D eigenvalue weighted by Gasteiger charge is 2.63. The van der Waals surface area contributed by atoms with Gasteiger partial charge in [0.05, 0.1) is 16.0 Å². The van der Waals surface area contributed by atoms with Gasteiger partial charge in [0, 0.05) is 48.2 Å². The third-order valence-corrected chi connectivity index (χ3v) is 14.0. The summed E-state index contributed by atoms with van der Waals surface area (Å²) in [5, 5.41) is 0. The summed E-state index contributed by atoms with van der Waals surface area (Å²) in [7, 11) is -4.25. The highest BCUT2D eigenvalue weighted by atomic mass is 32.2. The number of hydrogen-bond donors (Lipinski definition) is 1. The van der Waals surface area contributed by atoms with E-state index in [1.807, 2.05) is 32.0 Å².